The number of hydrogen-bond acceptors (Lipinski definition) is 5. The molecular weight excluding hydrogens is 454 g/mol. The van der Waals surface area contributed by atoms with Crippen LogP contribution < -0.4 is 45.1 Å². The Kier molecular flexibility index (Phi) is 5.64. The number of alkyl halides is 1. The van der Waals surface area contributed by atoms with Crippen molar-refractivity contribution in [3.8, 4) is 11.5 Å². The summed E-state index contributed by atoms with van der Waals surface area (Å²) >= 11 is -0.712. The first-order valence-corrected chi connectivity index (χ1v) is 10.2. The number of nitrogens with zero attached hydrogens (tertiary/aromatic N) is 1. The molecule has 0 saturated heterocycles. The van der Waals surface area contributed by atoms with Gasteiger partial charge in [0.25, 0.3) is 0 Å². The van der Waals surface area contributed by atoms with Gasteiger partial charge in [0.05, 0.1) is 0 Å². The number of methoxy groups -OCH3 is 1. The number of likely N-dealkylation sites (N-methyl/N-ethyl adjacent to an activating group) is 1. The number of fused-ring (bicyclic) bond motifs is 1. The van der Waals surface area contributed by atoms with Crippen molar-refractivity contribution in [2.24, 2.45) is 4.99 Å². The van der Waals surface area contributed by atoms with Gasteiger partial charge in [-0.15, -0.1) is 0 Å². The monoisotopic (exact) mass is 473 g/mol. The number of anilines is 1. The molecule has 2 heterocycles. The Bertz CT molecular complexity index is 820. The first kappa shape index (κ1) is 18.5. The number of halogens is 2. The van der Waals surface area contributed by atoms with E-state index in [0.717, 1.165) is 0 Å². The normalized spacial score (nSPS) is 18.6. The first-order valence-electron chi connectivity index (χ1n) is 7.91. The second kappa shape index (κ2) is 7.94. The van der Waals surface area contributed by atoms with E-state index in [0.29, 0.717) is 40.1 Å². The van der Waals surface area contributed by atoms with E-state index in [4.69, 9.17) is 9.47 Å². The van der Waals surface area contributed by atoms with Crippen LogP contribution >= 0.6 is 0 Å². The molecule has 0 fully saturated rings. The molecule has 0 radical (unpaired) electrons. The summed E-state index contributed by atoms with van der Waals surface area (Å²) < 4.78 is 29.7. The third-order valence-corrected chi connectivity index (χ3v) is 5.42. The fraction of sp³-hybridized carbons (Fsp3) is 0.294. The summed E-state index contributed by atoms with van der Waals surface area (Å²) in [5, 5.41) is 5.88. The molecule has 0 bridgehead atoms. The van der Waals surface area contributed by atoms with Crippen LogP contribution in [-0.4, -0.2) is 38.6 Å². The van der Waals surface area contributed by atoms with Crippen LogP contribution in [0.1, 0.15) is 6.92 Å². The third-order valence-electron chi connectivity index (χ3n) is 3.66. The molecule has 1 atom stereocenters. The van der Waals surface area contributed by atoms with E-state index in [2.05, 4.69) is 19.2 Å². The van der Waals surface area contributed by atoms with Crippen LogP contribution in [0.2, 0.25) is 0 Å². The van der Waals surface area contributed by atoms with Crippen LogP contribution in [0.5, 0.6) is 11.5 Å². The summed E-state index contributed by atoms with van der Waals surface area (Å²) in [5.74, 6) is 1.70. The summed E-state index contributed by atoms with van der Waals surface area (Å²) in [6.07, 6.45) is -1.08. The number of hydrogen-bond donors (Lipinski definition) is 3. The van der Waals surface area contributed by atoms with Gasteiger partial charge in [-0.3, -0.25) is 0 Å². The van der Waals surface area contributed by atoms with Gasteiger partial charge in [0.1, 0.15) is 0 Å². The Morgan fingerprint density at radius 1 is 1.50 bits per heavy atom. The van der Waals surface area contributed by atoms with Crippen LogP contribution in [0.25, 0.3) is 0 Å². The number of aliphatic imine (C=N–C) groups is 1. The van der Waals surface area contributed by atoms with E-state index in [-0.39, 0.29) is 12.5 Å². The fourth-order valence-electron chi connectivity index (χ4n) is 2.44. The Balaban J connectivity index is 2.11. The predicted molar refractivity (Wildman–Crippen MR) is 92.4 cm³/mol. The van der Waals surface area contributed by atoms with Crippen molar-refractivity contribution in [3.05, 3.63) is 39.3 Å². The van der Waals surface area contributed by atoms with E-state index < -0.39 is 27.7 Å². The van der Waals surface area contributed by atoms with Gasteiger partial charge in [0.2, 0.25) is 0 Å². The number of rotatable bonds is 4. The Morgan fingerprint density at radius 3 is 3.00 bits per heavy atom. The molecule has 0 saturated carbocycles. The second-order valence-electron chi connectivity index (χ2n) is 5.54. The number of para-hydroxylation sites is 1. The van der Waals surface area contributed by atoms with Crippen LogP contribution in [0.15, 0.2) is 44.3 Å². The summed E-state index contributed by atoms with van der Waals surface area (Å²) in [4.78, 5) is 16.7. The van der Waals surface area contributed by atoms with Gasteiger partial charge < -0.3 is 0 Å². The fourth-order valence-corrected chi connectivity index (χ4v) is 4.21. The number of carbonyl (C=O) groups is 1. The predicted octanol–water partition coefficient (Wildman–Crippen LogP) is -1.30. The van der Waals surface area contributed by atoms with Crippen LogP contribution in [0.3, 0.4) is 0 Å². The zero-order valence-corrected chi connectivity index (χ0v) is 16.7. The molecule has 1 amide bonds. The SMILES string of the molecule is CNC(=O)C1=C[I-]NC(=NCC(C)F)C2=C1Nc1c(OC)cccc1O2. The van der Waals surface area contributed by atoms with Crippen molar-refractivity contribution in [2.45, 2.75) is 13.1 Å². The Labute approximate surface area is 161 Å². The molecule has 26 heavy (non-hydrogen) atoms. The number of benzene rings is 1. The van der Waals surface area contributed by atoms with Gasteiger partial charge in [-0.1, -0.05) is 0 Å². The van der Waals surface area contributed by atoms with Crippen molar-refractivity contribution >= 4 is 17.4 Å². The molecule has 0 aliphatic carbocycles. The summed E-state index contributed by atoms with van der Waals surface area (Å²) in [7, 11) is 3.13. The standard InChI is InChI=1S/C17H19FIN4O3/c1-9(18)8-21-16-15-13(10(7-19-23-16)17(24)20-2)22-14-11(25-3)5-4-6-12(14)26-15/h4-7,9,22H,8H2,1-3H3,(H,20,24)(H,21,23)/q-1. The first-order chi connectivity index (χ1) is 12.5. The van der Waals surface area contributed by atoms with Gasteiger partial charge in [0, 0.05) is 0 Å². The quantitative estimate of drug-likeness (QED) is 0.375. The second-order valence-corrected chi connectivity index (χ2v) is 7.33. The summed E-state index contributed by atoms with van der Waals surface area (Å²) in [6, 6.07) is 5.39. The molecule has 9 heteroatoms. The van der Waals surface area contributed by atoms with Crippen molar-refractivity contribution in [1.82, 2.24) is 8.85 Å². The Morgan fingerprint density at radius 2 is 2.31 bits per heavy atom. The topological polar surface area (TPSA) is 84.0 Å². The molecule has 1 unspecified atom stereocenters. The summed E-state index contributed by atoms with van der Waals surface area (Å²) in [6.45, 7) is 1.45. The zero-order chi connectivity index (χ0) is 18.7. The molecular formula is C17H19FIN4O3-. The van der Waals surface area contributed by atoms with E-state index in [9.17, 15) is 9.18 Å². The minimum absolute atomic E-state index is 0.00644. The molecule has 7 nitrogen and oxygen atoms in total. The number of amides is 1. The molecule has 3 rings (SSSR count). The van der Waals surface area contributed by atoms with Crippen molar-refractivity contribution in [2.75, 3.05) is 26.0 Å². The molecule has 0 aromatic heterocycles. The maximum absolute atomic E-state index is 13.3. The molecule has 2 aliphatic rings. The van der Waals surface area contributed by atoms with Crippen molar-refractivity contribution in [1.29, 1.82) is 0 Å². The zero-order valence-electron chi connectivity index (χ0n) is 14.5. The minimum atomic E-state index is -1.08. The average molecular weight is 473 g/mol. The van der Waals surface area contributed by atoms with Gasteiger partial charge in [-0.05, 0) is 0 Å². The molecule has 1 aromatic carbocycles. The average Bonchev–Trinajstić information content (AvgIpc) is 2.82. The van der Waals surface area contributed by atoms with E-state index >= 15 is 0 Å². The van der Waals surface area contributed by atoms with E-state index in [1.165, 1.54) is 6.92 Å². The maximum atomic E-state index is 13.3. The van der Waals surface area contributed by atoms with Gasteiger partial charge in [0.15, 0.2) is 0 Å². The number of nitrogens with one attached hydrogen (secondary N) is 3. The number of amidine groups is 1. The molecule has 2 aliphatic heterocycles. The van der Waals surface area contributed by atoms with E-state index in [1.807, 2.05) is 4.08 Å². The van der Waals surface area contributed by atoms with Crippen LogP contribution in [0.4, 0.5) is 10.1 Å². The van der Waals surface area contributed by atoms with E-state index in [1.54, 1.807) is 32.4 Å². The van der Waals surface area contributed by atoms with Crippen molar-refractivity contribution < 1.29 is 40.1 Å². The van der Waals surface area contributed by atoms with Gasteiger partial charge >= 0.3 is 161 Å². The van der Waals surface area contributed by atoms with Crippen molar-refractivity contribution in [3.63, 3.8) is 0 Å². The molecule has 3 N–H and O–H groups in total. The Hall–Kier alpha value is -2.30. The van der Waals surface area contributed by atoms with Crippen LogP contribution in [-0.2, 0) is 4.79 Å². The number of ether oxygens (including phenoxy) is 2. The molecule has 0 spiro atoms. The van der Waals surface area contributed by atoms with Gasteiger partial charge in [-0.25, -0.2) is 0 Å². The van der Waals surface area contributed by atoms with Crippen LogP contribution in [0, 0.1) is 0 Å². The third kappa shape index (κ3) is 3.62. The molecule has 140 valence electrons. The number of carbonyl (C=O) groups excluding carboxylic acids is 1. The van der Waals surface area contributed by atoms with Gasteiger partial charge in [-0.2, -0.15) is 0 Å². The summed E-state index contributed by atoms with van der Waals surface area (Å²) in [5.41, 5.74) is 1.57. The molecule has 1 aromatic rings.